The maximum atomic E-state index is 12.5. The van der Waals surface area contributed by atoms with E-state index in [0.29, 0.717) is 18.1 Å². The molecule has 2 aliphatic heterocycles. The largest absolute Gasteiger partial charge is 0.348 e. The van der Waals surface area contributed by atoms with Gasteiger partial charge in [-0.05, 0) is 30.5 Å². The molecule has 1 fully saturated rings. The van der Waals surface area contributed by atoms with Crippen LogP contribution in [-0.2, 0) is 28.0 Å². The molecule has 0 bridgehead atoms. The van der Waals surface area contributed by atoms with E-state index < -0.39 is 0 Å². The fourth-order valence-electron chi connectivity index (χ4n) is 4.12. The third kappa shape index (κ3) is 3.91. The SMILES string of the molecule is O=C(Cc1ccc(Cl)cc1)NCC(=O)N1CCC2(CC1)NCCc1[nH]cnc12. The van der Waals surface area contributed by atoms with Crippen LogP contribution in [0.5, 0.6) is 0 Å². The van der Waals surface area contributed by atoms with E-state index in [-0.39, 0.29) is 30.3 Å². The van der Waals surface area contributed by atoms with Crippen molar-refractivity contribution in [2.45, 2.75) is 31.2 Å². The smallest absolute Gasteiger partial charge is 0.241 e. The lowest BCUT2D eigenvalue weighted by molar-refractivity contribution is -0.134. The summed E-state index contributed by atoms with van der Waals surface area (Å²) in [5, 5.41) is 6.98. The molecular weight excluding hydrogens is 378 g/mol. The average Bonchev–Trinajstić information content (AvgIpc) is 3.19. The van der Waals surface area contributed by atoms with Gasteiger partial charge in [-0.2, -0.15) is 0 Å². The zero-order valence-corrected chi connectivity index (χ0v) is 16.4. The van der Waals surface area contributed by atoms with Gasteiger partial charge in [-0.3, -0.25) is 9.59 Å². The number of nitrogens with one attached hydrogen (secondary N) is 3. The number of imidazole rings is 1. The number of carbonyl (C=O) groups is 2. The van der Waals surface area contributed by atoms with Gasteiger partial charge in [-0.25, -0.2) is 4.98 Å². The fourth-order valence-corrected chi connectivity index (χ4v) is 4.25. The summed E-state index contributed by atoms with van der Waals surface area (Å²) in [6, 6.07) is 7.13. The molecule has 1 aromatic heterocycles. The Kier molecular flexibility index (Phi) is 5.37. The Morgan fingerprint density at radius 3 is 2.71 bits per heavy atom. The first-order valence-corrected chi connectivity index (χ1v) is 10.0. The van der Waals surface area contributed by atoms with Crippen molar-refractivity contribution < 1.29 is 9.59 Å². The summed E-state index contributed by atoms with van der Waals surface area (Å²) in [5.74, 6) is -0.211. The summed E-state index contributed by atoms with van der Waals surface area (Å²) >= 11 is 5.85. The molecule has 0 radical (unpaired) electrons. The second-order valence-corrected chi connectivity index (χ2v) is 7.89. The van der Waals surface area contributed by atoms with Gasteiger partial charge in [-0.1, -0.05) is 23.7 Å². The number of likely N-dealkylation sites (tertiary alicyclic amines) is 1. The Hall–Kier alpha value is -2.38. The van der Waals surface area contributed by atoms with Crippen LogP contribution in [0, 0.1) is 0 Å². The lowest BCUT2D eigenvalue weighted by Crippen LogP contribution is -2.56. The molecule has 2 amide bonds. The molecule has 148 valence electrons. The maximum Gasteiger partial charge on any atom is 0.241 e. The Balaban J connectivity index is 1.27. The normalized spacial score (nSPS) is 18.0. The first-order chi connectivity index (χ1) is 13.6. The predicted molar refractivity (Wildman–Crippen MR) is 106 cm³/mol. The molecule has 7 nitrogen and oxygen atoms in total. The van der Waals surface area contributed by atoms with Crippen LogP contribution in [0.1, 0.15) is 29.8 Å². The summed E-state index contributed by atoms with van der Waals surface area (Å²) < 4.78 is 0. The molecule has 0 atom stereocenters. The number of H-pyrrole nitrogens is 1. The van der Waals surface area contributed by atoms with Crippen molar-refractivity contribution >= 4 is 23.4 Å². The topological polar surface area (TPSA) is 90.1 Å². The van der Waals surface area contributed by atoms with E-state index in [1.54, 1.807) is 18.5 Å². The van der Waals surface area contributed by atoms with Gasteiger partial charge in [0.05, 0.1) is 30.5 Å². The minimum absolute atomic E-state index is 0.0283. The molecule has 4 rings (SSSR count). The first-order valence-electron chi connectivity index (χ1n) is 9.62. The number of benzene rings is 1. The first kappa shape index (κ1) is 19.0. The van der Waals surface area contributed by atoms with Crippen molar-refractivity contribution in [1.82, 2.24) is 25.5 Å². The van der Waals surface area contributed by atoms with Gasteiger partial charge in [0.1, 0.15) is 0 Å². The Labute approximate surface area is 168 Å². The number of nitrogens with zero attached hydrogens (tertiary/aromatic N) is 2. The van der Waals surface area contributed by atoms with Crippen molar-refractivity contribution in [2.24, 2.45) is 0 Å². The van der Waals surface area contributed by atoms with E-state index >= 15 is 0 Å². The van der Waals surface area contributed by atoms with Crippen LogP contribution >= 0.6 is 11.6 Å². The zero-order valence-electron chi connectivity index (χ0n) is 15.6. The maximum absolute atomic E-state index is 12.5. The summed E-state index contributed by atoms with van der Waals surface area (Å²) in [4.78, 5) is 34.2. The van der Waals surface area contributed by atoms with Gasteiger partial charge in [0.2, 0.25) is 11.8 Å². The molecule has 1 aromatic carbocycles. The molecule has 28 heavy (non-hydrogen) atoms. The molecular formula is C20H24ClN5O2. The summed E-state index contributed by atoms with van der Waals surface area (Å²) in [6.45, 7) is 2.26. The number of carbonyl (C=O) groups excluding carboxylic acids is 2. The van der Waals surface area contributed by atoms with E-state index in [9.17, 15) is 9.59 Å². The summed E-state index contributed by atoms with van der Waals surface area (Å²) in [5.41, 5.74) is 3.03. The van der Waals surface area contributed by atoms with E-state index in [1.165, 1.54) is 5.69 Å². The molecule has 3 heterocycles. The minimum Gasteiger partial charge on any atom is -0.348 e. The van der Waals surface area contributed by atoms with Crippen LogP contribution < -0.4 is 10.6 Å². The monoisotopic (exact) mass is 401 g/mol. The van der Waals surface area contributed by atoms with Crippen molar-refractivity contribution in [3.8, 4) is 0 Å². The van der Waals surface area contributed by atoms with Gasteiger partial charge in [0.15, 0.2) is 0 Å². The van der Waals surface area contributed by atoms with Crippen LogP contribution in [0.15, 0.2) is 30.6 Å². The molecule has 8 heteroatoms. The highest BCUT2D eigenvalue weighted by atomic mass is 35.5. The average molecular weight is 402 g/mol. The van der Waals surface area contributed by atoms with E-state index in [4.69, 9.17) is 11.6 Å². The van der Waals surface area contributed by atoms with Gasteiger partial charge >= 0.3 is 0 Å². The zero-order chi connectivity index (χ0) is 19.6. The molecule has 2 aliphatic rings. The van der Waals surface area contributed by atoms with Gasteiger partial charge in [-0.15, -0.1) is 0 Å². The second kappa shape index (κ2) is 7.93. The van der Waals surface area contributed by atoms with Crippen molar-refractivity contribution in [3.05, 3.63) is 52.6 Å². The fraction of sp³-hybridized carbons (Fsp3) is 0.450. The van der Waals surface area contributed by atoms with Gasteiger partial charge < -0.3 is 20.5 Å². The van der Waals surface area contributed by atoms with Gasteiger partial charge in [0, 0.05) is 36.8 Å². The van der Waals surface area contributed by atoms with Crippen LogP contribution in [0.2, 0.25) is 5.02 Å². The Bertz CT molecular complexity index is 856. The second-order valence-electron chi connectivity index (χ2n) is 7.45. The number of hydrogen-bond donors (Lipinski definition) is 3. The molecule has 0 unspecified atom stereocenters. The van der Waals surface area contributed by atoms with Crippen LogP contribution in [0.3, 0.4) is 0 Å². The van der Waals surface area contributed by atoms with Crippen molar-refractivity contribution in [2.75, 3.05) is 26.2 Å². The van der Waals surface area contributed by atoms with Crippen LogP contribution in [-0.4, -0.2) is 52.9 Å². The highest BCUT2D eigenvalue weighted by Gasteiger charge is 2.41. The molecule has 1 spiro atoms. The summed E-state index contributed by atoms with van der Waals surface area (Å²) in [7, 11) is 0. The van der Waals surface area contributed by atoms with E-state index in [1.807, 2.05) is 17.0 Å². The van der Waals surface area contributed by atoms with Gasteiger partial charge in [0.25, 0.3) is 0 Å². The third-order valence-electron chi connectivity index (χ3n) is 5.69. The van der Waals surface area contributed by atoms with E-state index in [0.717, 1.165) is 37.1 Å². The third-order valence-corrected chi connectivity index (χ3v) is 5.95. The standard InChI is InChI=1S/C20H24ClN5O2/c21-15-3-1-14(2-4-15)11-17(27)22-12-18(28)26-9-6-20(7-10-26)19-16(5-8-25-20)23-13-24-19/h1-4,13,25H,5-12H2,(H,22,27)(H,23,24). The quantitative estimate of drug-likeness (QED) is 0.722. The Morgan fingerprint density at radius 1 is 1.21 bits per heavy atom. The number of fused-ring (bicyclic) bond motifs is 2. The number of halogens is 1. The van der Waals surface area contributed by atoms with Crippen LogP contribution in [0.25, 0.3) is 0 Å². The highest BCUT2D eigenvalue weighted by Crippen LogP contribution is 2.35. The Morgan fingerprint density at radius 2 is 1.96 bits per heavy atom. The lowest BCUT2D eigenvalue weighted by atomic mass is 9.80. The number of rotatable bonds is 4. The molecule has 2 aromatic rings. The van der Waals surface area contributed by atoms with Crippen molar-refractivity contribution in [3.63, 3.8) is 0 Å². The molecule has 3 N–H and O–H groups in total. The van der Waals surface area contributed by atoms with E-state index in [2.05, 4.69) is 20.6 Å². The molecule has 0 aliphatic carbocycles. The number of piperidine rings is 1. The highest BCUT2D eigenvalue weighted by molar-refractivity contribution is 6.30. The van der Waals surface area contributed by atoms with Crippen LogP contribution in [0.4, 0.5) is 0 Å². The number of aromatic nitrogens is 2. The summed E-state index contributed by atoms with van der Waals surface area (Å²) in [6.07, 6.45) is 4.61. The number of aromatic amines is 1. The van der Waals surface area contributed by atoms with Crippen molar-refractivity contribution in [1.29, 1.82) is 0 Å². The lowest BCUT2D eigenvalue weighted by Gasteiger charge is -2.44. The predicted octanol–water partition coefficient (Wildman–Crippen LogP) is 1.39. The molecule has 0 saturated carbocycles. The minimum atomic E-state index is -0.167. The number of amides is 2. The molecule has 1 saturated heterocycles. The number of hydrogen-bond acceptors (Lipinski definition) is 4.